The molecule has 30 heavy (non-hydrogen) atoms. The smallest absolute Gasteiger partial charge is 0.266 e. The Morgan fingerprint density at radius 1 is 1.03 bits per heavy atom. The third kappa shape index (κ3) is 4.13. The highest BCUT2D eigenvalue weighted by Gasteiger charge is 2.26. The number of amides is 1. The van der Waals surface area contributed by atoms with Gasteiger partial charge in [-0.15, -0.1) is 0 Å². The Bertz CT molecular complexity index is 1090. The molecule has 4 rings (SSSR count). The fourth-order valence-corrected chi connectivity index (χ4v) is 4.76. The molecule has 0 bridgehead atoms. The largest absolute Gasteiger partial charge is 0.339 e. The quantitative estimate of drug-likeness (QED) is 0.467. The summed E-state index contributed by atoms with van der Waals surface area (Å²) in [6, 6.07) is 16.8. The molecule has 0 spiro atoms. The number of fused-ring (bicyclic) bond motifs is 1. The standard InChI is InChI=1S/C23H26N4O2S/c1-3-25-13-15-26(16-14-25)21(28)17(2)30-23-24-20-12-8-7-11-19(20)22(29)27(23)18-9-5-4-6-10-18/h4-12,17H,3,13-16H2,1-2H3. The minimum Gasteiger partial charge on any atom is -0.339 e. The topological polar surface area (TPSA) is 58.4 Å². The number of aromatic nitrogens is 2. The number of thioether (sulfide) groups is 1. The molecule has 7 heteroatoms. The lowest BCUT2D eigenvalue weighted by molar-refractivity contribution is -0.132. The van der Waals surface area contributed by atoms with E-state index >= 15 is 0 Å². The van der Waals surface area contributed by atoms with Gasteiger partial charge in [-0.25, -0.2) is 4.98 Å². The van der Waals surface area contributed by atoms with Crippen molar-refractivity contribution in [2.45, 2.75) is 24.3 Å². The molecule has 1 unspecified atom stereocenters. The number of piperazine rings is 1. The van der Waals surface area contributed by atoms with Gasteiger partial charge >= 0.3 is 0 Å². The first-order valence-electron chi connectivity index (χ1n) is 10.3. The molecular formula is C23H26N4O2S. The third-order valence-electron chi connectivity index (χ3n) is 5.52. The second kappa shape index (κ2) is 9.02. The maximum absolute atomic E-state index is 13.3. The zero-order chi connectivity index (χ0) is 21.1. The summed E-state index contributed by atoms with van der Waals surface area (Å²) < 4.78 is 1.62. The predicted molar refractivity (Wildman–Crippen MR) is 121 cm³/mol. The minimum atomic E-state index is -0.332. The number of hydrogen-bond acceptors (Lipinski definition) is 5. The summed E-state index contributed by atoms with van der Waals surface area (Å²) in [5.74, 6) is 0.0952. The molecule has 0 radical (unpaired) electrons. The molecule has 6 nitrogen and oxygen atoms in total. The lowest BCUT2D eigenvalue weighted by Gasteiger charge is -2.35. The summed E-state index contributed by atoms with van der Waals surface area (Å²) in [5, 5.41) is 0.777. The molecule has 0 aliphatic carbocycles. The monoisotopic (exact) mass is 422 g/mol. The summed E-state index contributed by atoms with van der Waals surface area (Å²) in [7, 11) is 0. The highest BCUT2D eigenvalue weighted by atomic mass is 32.2. The van der Waals surface area contributed by atoms with Crippen LogP contribution in [0.1, 0.15) is 13.8 Å². The number of nitrogens with zero attached hydrogens (tertiary/aromatic N) is 4. The fourth-order valence-electron chi connectivity index (χ4n) is 3.75. The van der Waals surface area contributed by atoms with Crippen LogP contribution in [0.15, 0.2) is 64.5 Å². The van der Waals surface area contributed by atoms with Crippen molar-refractivity contribution in [3.05, 3.63) is 65.0 Å². The van der Waals surface area contributed by atoms with E-state index in [0.717, 1.165) is 38.4 Å². The van der Waals surface area contributed by atoms with Crippen molar-refractivity contribution in [1.29, 1.82) is 0 Å². The highest BCUT2D eigenvalue weighted by Crippen LogP contribution is 2.26. The third-order valence-corrected chi connectivity index (χ3v) is 6.56. The van der Waals surface area contributed by atoms with E-state index in [1.807, 2.05) is 60.4 Å². The van der Waals surface area contributed by atoms with Gasteiger partial charge in [0.05, 0.1) is 21.8 Å². The van der Waals surface area contributed by atoms with Crippen LogP contribution in [-0.4, -0.2) is 63.2 Å². The molecule has 0 saturated carbocycles. The van der Waals surface area contributed by atoms with E-state index in [0.29, 0.717) is 16.1 Å². The zero-order valence-electron chi connectivity index (χ0n) is 17.3. The van der Waals surface area contributed by atoms with E-state index in [2.05, 4.69) is 11.8 Å². The van der Waals surface area contributed by atoms with E-state index in [1.54, 1.807) is 10.6 Å². The molecule has 1 aliphatic rings. The summed E-state index contributed by atoms with van der Waals surface area (Å²) in [6.07, 6.45) is 0. The highest BCUT2D eigenvalue weighted by molar-refractivity contribution is 8.00. The van der Waals surface area contributed by atoms with Crippen LogP contribution in [0.4, 0.5) is 0 Å². The Balaban J connectivity index is 1.66. The number of carbonyl (C=O) groups excluding carboxylic acids is 1. The molecule has 1 fully saturated rings. The molecular weight excluding hydrogens is 396 g/mol. The van der Waals surface area contributed by atoms with E-state index < -0.39 is 0 Å². The van der Waals surface area contributed by atoms with Crippen molar-refractivity contribution in [3.63, 3.8) is 0 Å². The first-order chi connectivity index (χ1) is 14.6. The number of benzene rings is 2. The average Bonchev–Trinajstić information content (AvgIpc) is 2.79. The maximum atomic E-state index is 13.3. The lowest BCUT2D eigenvalue weighted by Crippen LogP contribution is -2.50. The molecule has 2 aromatic carbocycles. The van der Waals surface area contributed by atoms with Gasteiger partial charge in [0.15, 0.2) is 5.16 Å². The molecule has 1 saturated heterocycles. The van der Waals surface area contributed by atoms with Crippen LogP contribution >= 0.6 is 11.8 Å². The Morgan fingerprint density at radius 3 is 2.40 bits per heavy atom. The summed E-state index contributed by atoms with van der Waals surface area (Å²) in [5.41, 5.74) is 1.28. The molecule has 1 aliphatic heterocycles. The number of hydrogen-bond donors (Lipinski definition) is 0. The van der Waals surface area contributed by atoms with Gasteiger partial charge in [-0.2, -0.15) is 0 Å². The second-order valence-corrected chi connectivity index (χ2v) is 8.72. The SMILES string of the molecule is CCN1CCN(C(=O)C(C)Sc2nc3ccccc3c(=O)n2-c2ccccc2)CC1. The van der Waals surface area contributed by atoms with Gasteiger partial charge in [-0.1, -0.05) is 49.0 Å². The number of carbonyl (C=O) groups is 1. The molecule has 2 heterocycles. The minimum absolute atomic E-state index is 0.0952. The van der Waals surface area contributed by atoms with Crippen molar-refractivity contribution in [2.75, 3.05) is 32.7 Å². The first kappa shape index (κ1) is 20.6. The van der Waals surface area contributed by atoms with Gasteiger partial charge in [0.25, 0.3) is 5.56 Å². The zero-order valence-corrected chi connectivity index (χ0v) is 18.1. The van der Waals surface area contributed by atoms with Crippen LogP contribution in [-0.2, 0) is 4.79 Å². The van der Waals surface area contributed by atoms with E-state index in [-0.39, 0.29) is 16.7 Å². The summed E-state index contributed by atoms with van der Waals surface area (Å²) in [6.45, 7) is 8.35. The predicted octanol–water partition coefficient (Wildman–Crippen LogP) is 3.03. The van der Waals surface area contributed by atoms with Crippen LogP contribution in [0.3, 0.4) is 0 Å². The van der Waals surface area contributed by atoms with Gasteiger partial charge < -0.3 is 9.80 Å². The van der Waals surface area contributed by atoms with Gasteiger partial charge in [0.2, 0.25) is 5.91 Å². The Morgan fingerprint density at radius 2 is 1.70 bits per heavy atom. The van der Waals surface area contributed by atoms with Gasteiger partial charge in [-0.05, 0) is 37.7 Å². The average molecular weight is 423 g/mol. The molecule has 1 amide bonds. The summed E-state index contributed by atoms with van der Waals surface area (Å²) in [4.78, 5) is 35.4. The molecule has 1 aromatic heterocycles. The van der Waals surface area contributed by atoms with E-state index in [4.69, 9.17) is 4.98 Å². The molecule has 1 atom stereocenters. The van der Waals surface area contributed by atoms with Crippen LogP contribution in [0, 0.1) is 0 Å². The molecule has 156 valence electrons. The Kier molecular flexibility index (Phi) is 6.20. The Hall–Kier alpha value is -2.64. The van der Waals surface area contributed by atoms with Crippen molar-refractivity contribution in [3.8, 4) is 5.69 Å². The molecule has 0 N–H and O–H groups in total. The number of likely N-dealkylation sites (N-methyl/N-ethyl adjacent to an activating group) is 1. The van der Waals surface area contributed by atoms with Gasteiger partial charge in [-0.3, -0.25) is 14.2 Å². The normalized spacial score (nSPS) is 16.0. The fraction of sp³-hybridized carbons (Fsp3) is 0.348. The maximum Gasteiger partial charge on any atom is 0.266 e. The number of para-hydroxylation sites is 2. The Labute approximate surface area is 180 Å². The van der Waals surface area contributed by atoms with Crippen LogP contribution in [0.25, 0.3) is 16.6 Å². The van der Waals surface area contributed by atoms with E-state index in [9.17, 15) is 9.59 Å². The van der Waals surface area contributed by atoms with Crippen LogP contribution < -0.4 is 5.56 Å². The van der Waals surface area contributed by atoms with Crippen molar-refractivity contribution < 1.29 is 4.79 Å². The van der Waals surface area contributed by atoms with E-state index in [1.165, 1.54) is 11.8 Å². The van der Waals surface area contributed by atoms with Gasteiger partial charge in [0.1, 0.15) is 0 Å². The van der Waals surface area contributed by atoms with Crippen LogP contribution in [0.2, 0.25) is 0 Å². The molecule has 3 aromatic rings. The summed E-state index contributed by atoms with van der Waals surface area (Å²) >= 11 is 1.35. The van der Waals surface area contributed by atoms with Crippen molar-refractivity contribution in [1.82, 2.24) is 19.4 Å². The van der Waals surface area contributed by atoms with Crippen molar-refractivity contribution >= 4 is 28.6 Å². The van der Waals surface area contributed by atoms with Crippen LogP contribution in [0.5, 0.6) is 0 Å². The lowest BCUT2D eigenvalue weighted by atomic mass is 10.2. The second-order valence-electron chi connectivity index (χ2n) is 7.41. The number of rotatable bonds is 5. The van der Waals surface area contributed by atoms with Crippen molar-refractivity contribution in [2.24, 2.45) is 0 Å². The first-order valence-corrected chi connectivity index (χ1v) is 11.2. The van der Waals surface area contributed by atoms with Gasteiger partial charge in [0, 0.05) is 26.2 Å².